The largest absolute Gasteiger partial charge is 2.00 e. The fraction of sp³-hybridized carbons (Fsp3) is 0. The van der Waals surface area contributed by atoms with E-state index in [2.05, 4.69) is 0 Å². The van der Waals surface area contributed by atoms with Gasteiger partial charge in [-0.05, 0) is 0 Å². The van der Waals surface area contributed by atoms with Gasteiger partial charge in [-0.1, -0.05) is 0 Å². The molecule has 12 nitrogen and oxygen atoms in total. The zero-order valence-electron chi connectivity index (χ0n) is 6.94. The van der Waals surface area contributed by atoms with Crippen LogP contribution in [0.1, 0.15) is 0 Å². The molecular formula is Cr2O12S3-2. The number of rotatable bonds is 0. The Labute approximate surface area is 118 Å². The number of hydrogen-bond donors (Lipinski definition) is 0. The summed E-state index contributed by atoms with van der Waals surface area (Å²) in [5.41, 5.74) is 0. The zero-order chi connectivity index (χ0) is 13.5. The molecule has 104 valence electrons. The van der Waals surface area contributed by atoms with E-state index in [9.17, 15) is 0 Å². The van der Waals surface area contributed by atoms with Crippen LogP contribution >= 0.6 is 0 Å². The quantitative estimate of drug-likeness (QED) is 0.283. The van der Waals surface area contributed by atoms with Crippen molar-refractivity contribution in [3.05, 3.63) is 0 Å². The third kappa shape index (κ3) is 7880. The van der Waals surface area contributed by atoms with Crippen molar-refractivity contribution in [2.24, 2.45) is 0 Å². The first-order valence-corrected chi connectivity index (χ1v) is 6.00. The van der Waals surface area contributed by atoms with Crippen LogP contribution in [0.25, 0.3) is 0 Å². The first kappa shape index (κ1) is 30.6. The maximum atomic E-state index is 8.52. The van der Waals surface area contributed by atoms with Gasteiger partial charge >= 0.3 is 34.7 Å². The minimum atomic E-state index is -5.17. The minimum Gasteiger partial charge on any atom is -0.759 e. The van der Waals surface area contributed by atoms with Gasteiger partial charge in [0, 0.05) is 31.2 Å². The molecule has 17 heavy (non-hydrogen) atoms. The van der Waals surface area contributed by atoms with Crippen LogP contribution < -0.4 is 0 Å². The molecule has 0 aliphatic rings. The third-order valence-electron chi connectivity index (χ3n) is 0. The normalized spacial score (nSPS) is 10.2. The van der Waals surface area contributed by atoms with E-state index in [0.29, 0.717) is 0 Å². The Morgan fingerprint density at radius 2 is 0.412 bits per heavy atom. The van der Waals surface area contributed by atoms with E-state index in [1.54, 1.807) is 0 Å². The molecule has 0 aromatic rings. The van der Waals surface area contributed by atoms with Gasteiger partial charge in [0.2, 0.25) is 0 Å². The molecule has 0 bridgehead atoms. The van der Waals surface area contributed by atoms with E-state index in [1.807, 2.05) is 0 Å². The van der Waals surface area contributed by atoms with E-state index in [4.69, 9.17) is 52.6 Å². The van der Waals surface area contributed by atoms with Crippen molar-refractivity contribution in [1.82, 2.24) is 0 Å². The topological polar surface area (TPSA) is 241 Å². The van der Waals surface area contributed by atoms with Crippen LogP contribution in [0.2, 0.25) is 0 Å². The van der Waals surface area contributed by atoms with Gasteiger partial charge in [0.05, 0.1) is 0 Å². The molecule has 0 aliphatic heterocycles. The molecule has 17 heteroatoms. The fourth-order valence-electron chi connectivity index (χ4n) is 0. The van der Waals surface area contributed by atoms with Crippen molar-refractivity contribution < 1.29 is 87.3 Å². The fourth-order valence-corrected chi connectivity index (χ4v) is 0. The Hall–Kier alpha value is 0.675. The molecule has 0 heterocycles. The van der Waals surface area contributed by atoms with Gasteiger partial charge in [-0.15, -0.1) is 0 Å². The smallest absolute Gasteiger partial charge is 0.759 e. The van der Waals surface area contributed by atoms with E-state index in [0.717, 1.165) is 0 Å². The molecule has 0 spiro atoms. The summed E-state index contributed by atoms with van der Waals surface area (Å²) in [5.74, 6) is 0. The minimum absolute atomic E-state index is 0. The monoisotopic (exact) mass is 392 g/mol. The SMILES string of the molecule is O=S(=O)([O-])[O-].O=S(=O)([O-])[O-].O=S(=O)([O-])[O-].[Cr+2].[Cr+2]. The molecule has 0 aromatic carbocycles. The summed E-state index contributed by atoms with van der Waals surface area (Å²) in [6.45, 7) is 0. The van der Waals surface area contributed by atoms with Crippen LogP contribution in [0.5, 0.6) is 0 Å². The Morgan fingerprint density at radius 1 is 0.412 bits per heavy atom. The van der Waals surface area contributed by atoms with Gasteiger partial charge < -0.3 is 27.3 Å². The Balaban J connectivity index is -0.0000000400. The second-order valence-corrected chi connectivity index (χ2v) is 3.67. The summed E-state index contributed by atoms with van der Waals surface area (Å²) in [7, 11) is -15.5. The van der Waals surface area contributed by atoms with E-state index < -0.39 is 31.2 Å². The van der Waals surface area contributed by atoms with Crippen LogP contribution in [0.4, 0.5) is 0 Å². The second-order valence-electron chi connectivity index (χ2n) is 1.22. The Morgan fingerprint density at radius 3 is 0.412 bits per heavy atom. The van der Waals surface area contributed by atoms with Crippen molar-refractivity contribution in [3.8, 4) is 0 Å². The van der Waals surface area contributed by atoms with Crippen LogP contribution in [0, 0.1) is 0 Å². The Bertz CT molecular complexity index is 341. The van der Waals surface area contributed by atoms with Gasteiger partial charge in [-0.2, -0.15) is 0 Å². The summed E-state index contributed by atoms with van der Waals surface area (Å²) < 4.78 is 102. The van der Waals surface area contributed by atoms with Crippen LogP contribution in [-0.2, 0) is 65.9 Å². The molecule has 0 amide bonds. The average molecular weight is 392 g/mol. The first-order valence-electron chi connectivity index (χ1n) is 2.00. The summed E-state index contributed by atoms with van der Waals surface area (Å²) in [6, 6.07) is 0. The van der Waals surface area contributed by atoms with Crippen molar-refractivity contribution >= 4 is 31.2 Å². The van der Waals surface area contributed by atoms with Crippen LogP contribution in [-0.4, -0.2) is 52.6 Å². The molecule has 0 aromatic heterocycles. The van der Waals surface area contributed by atoms with Crippen molar-refractivity contribution in [3.63, 3.8) is 0 Å². The average Bonchev–Trinajstić information content (AvgIpc) is 1.41. The molecule has 0 atom stereocenters. The third-order valence-corrected chi connectivity index (χ3v) is 0. The van der Waals surface area contributed by atoms with E-state index in [-0.39, 0.29) is 34.7 Å². The van der Waals surface area contributed by atoms with E-state index >= 15 is 0 Å². The predicted molar refractivity (Wildman–Crippen MR) is 31.4 cm³/mol. The summed E-state index contributed by atoms with van der Waals surface area (Å²) in [5, 5.41) is 0. The molecular weight excluding hydrogens is 392 g/mol. The molecule has 0 saturated heterocycles. The van der Waals surface area contributed by atoms with Gasteiger partial charge in [0.25, 0.3) is 0 Å². The van der Waals surface area contributed by atoms with E-state index in [1.165, 1.54) is 0 Å². The molecule has 0 saturated carbocycles. The molecule has 0 N–H and O–H groups in total. The molecule has 0 radical (unpaired) electrons. The second kappa shape index (κ2) is 11.7. The van der Waals surface area contributed by atoms with Gasteiger partial charge in [-0.3, -0.25) is 25.3 Å². The summed E-state index contributed by atoms with van der Waals surface area (Å²) in [6.07, 6.45) is 0. The van der Waals surface area contributed by atoms with Crippen molar-refractivity contribution in [1.29, 1.82) is 0 Å². The van der Waals surface area contributed by atoms with Crippen LogP contribution in [0.3, 0.4) is 0 Å². The van der Waals surface area contributed by atoms with Gasteiger partial charge in [0.15, 0.2) is 0 Å². The molecule has 0 aliphatic carbocycles. The molecule has 0 rings (SSSR count). The molecule has 0 fully saturated rings. The van der Waals surface area contributed by atoms with Crippen LogP contribution in [0.15, 0.2) is 0 Å². The first-order chi connectivity index (χ1) is 6.00. The summed E-state index contributed by atoms with van der Waals surface area (Å²) in [4.78, 5) is 0. The maximum Gasteiger partial charge on any atom is 2.00 e. The predicted octanol–water partition coefficient (Wildman–Crippen LogP) is -4.02. The number of hydrogen-bond acceptors (Lipinski definition) is 12. The van der Waals surface area contributed by atoms with Crippen molar-refractivity contribution in [2.45, 2.75) is 0 Å². The Kier molecular flexibility index (Phi) is 21.1. The zero-order valence-corrected chi connectivity index (χ0v) is 11.9. The maximum absolute atomic E-state index is 8.52. The van der Waals surface area contributed by atoms with Gasteiger partial charge in [0.1, 0.15) is 0 Å². The molecule has 0 unspecified atom stereocenters. The van der Waals surface area contributed by atoms with Crippen molar-refractivity contribution in [2.75, 3.05) is 0 Å². The summed E-state index contributed by atoms with van der Waals surface area (Å²) >= 11 is 0. The van der Waals surface area contributed by atoms with Gasteiger partial charge in [-0.25, -0.2) is 0 Å². The standard InChI is InChI=1S/2Cr.3H2O4S/c;;3*1-5(2,3)4/h;;3*(H2,1,2,3,4)/q2*+2;;;/p-6.